The molecule has 0 saturated carbocycles. The maximum Gasteiger partial charge on any atom is 0.283 e. The summed E-state index contributed by atoms with van der Waals surface area (Å²) < 4.78 is 41.9. The molecule has 1 aromatic heterocycles. The molecule has 0 amide bonds. The van der Waals surface area contributed by atoms with Gasteiger partial charge < -0.3 is 4.74 Å². The van der Waals surface area contributed by atoms with E-state index < -0.39 is 17.9 Å². The first-order valence-electron chi connectivity index (χ1n) is 3.55. The minimum absolute atomic E-state index is 0.206. The number of ether oxygens (including phenoxy) is 1. The van der Waals surface area contributed by atoms with Crippen LogP contribution in [0.5, 0.6) is 5.75 Å². The second kappa shape index (κ2) is 3.64. The average Bonchev–Trinajstić information content (AvgIpc) is 2.08. The van der Waals surface area contributed by atoms with Gasteiger partial charge >= 0.3 is 0 Å². The molecule has 0 saturated heterocycles. The topological polar surface area (TPSA) is 22.1 Å². The third kappa shape index (κ3) is 1.91. The van der Waals surface area contributed by atoms with Crippen molar-refractivity contribution in [3.63, 3.8) is 0 Å². The van der Waals surface area contributed by atoms with Crippen LogP contribution in [0.25, 0.3) is 0 Å². The molecule has 0 aliphatic rings. The monoisotopic (exact) mass is 191 g/mol. The molecule has 0 fully saturated rings. The molecule has 72 valence electrons. The third-order valence-electron chi connectivity index (χ3n) is 1.50. The minimum Gasteiger partial charge on any atom is -0.494 e. The highest BCUT2D eigenvalue weighted by atomic mass is 19.3. The van der Waals surface area contributed by atoms with Crippen LogP contribution in [0.1, 0.15) is 17.8 Å². The fourth-order valence-corrected chi connectivity index (χ4v) is 0.944. The summed E-state index contributed by atoms with van der Waals surface area (Å²) in [5.74, 6) is -1.30. The molecule has 1 rings (SSSR count). The first-order valence-corrected chi connectivity index (χ1v) is 3.55. The van der Waals surface area contributed by atoms with Gasteiger partial charge in [0.15, 0.2) is 11.6 Å². The third-order valence-corrected chi connectivity index (χ3v) is 1.50. The summed E-state index contributed by atoms with van der Waals surface area (Å²) in [6.45, 7) is 1.49. The number of hydrogen-bond acceptors (Lipinski definition) is 2. The molecule has 0 unspecified atom stereocenters. The molecule has 5 heteroatoms. The Morgan fingerprint density at radius 2 is 2.08 bits per heavy atom. The number of aromatic nitrogens is 1. The SMILES string of the molecule is COc1cc(C)nc(C(F)F)c1F. The Balaban J connectivity index is 3.27. The van der Waals surface area contributed by atoms with E-state index in [0.29, 0.717) is 5.69 Å². The maximum absolute atomic E-state index is 13.0. The predicted octanol–water partition coefficient (Wildman–Crippen LogP) is 2.48. The molecular weight excluding hydrogens is 183 g/mol. The highest BCUT2D eigenvalue weighted by Crippen LogP contribution is 2.26. The first-order chi connectivity index (χ1) is 6.06. The molecule has 0 bridgehead atoms. The van der Waals surface area contributed by atoms with Crippen LogP contribution in [-0.4, -0.2) is 12.1 Å². The van der Waals surface area contributed by atoms with E-state index in [9.17, 15) is 13.2 Å². The van der Waals surface area contributed by atoms with E-state index in [1.807, 2.05) is 0 Å². The quantitative estimate of drug-likeness (QED) is 0.716. The molecule has 0 aliphatic carbocycles. The largest absolute Gasteiger partial charge is 0.494 e. The van der Waals surface area contributed by atoms with Crippen molar-refractivity contribution in [3.8, 4) is 5.75 Å². The number of halogens is 3. The minimum atomic E-state index is -2.92. The summed E-state index contributed by atoms with van der Waals surface area (Å²) in [5, 5.41) is 0. The number of alkyl halides is 2. The zero-order valence-corrected chi connectivity index (χ0v) is 7.14. The molecule has 0 aliphatic heterocycles. The summed E-state index contributed by atoms with van der Waals surface area (Å²) in [6, 6.07) is 1.27. The van der Waals surface area contributed by atoms with Gasteiger partial charge in [0.25, 0.3) is 6.43 Å². The van der Waals surface area contributed by atoms with Gasteiger partial charge in [-0.05, 0) is 6.92 Å². The van der Waals surface area contributed by atoms with Gasteiger partial charge in [-0.2, -0.15) is 0 Å². The standard InChI is InChI=1S/C8H8F3NO/c1-4-3-5(13-2)6(9)7(12-4)8(10)11/h3,8H,1-2H3. The summed E-state index contributed by atoms with van der Waals surface area (Å²) in [6.07, 6.45) is -2.92. The van der Waals surface area contributed by atoms with E-state index in [2.05, 4.69) is 9.72 Å². The maximum atomic E-state index is 13.0. The lowest BCUT2D eigenvalue weighted by Gasteiger charge is -2.06. The van der Waals surface area contributed by atoms with Gasteiger partial charge in [0, 0.05) is 11.8 Å². The van der Waals surface area contributed by atoms with Crippen LogP contribution >= 0.6 is 0 Å². The van der Waals surface area contributed by atoms with Gasteiger partial charge in [-0.15, -0.1) is 0 Å². The lowest BCUT2D eigenvalue weighted by molar-refractivity contribution is 0.139. The number of rotatable bonds is 2. The number of hydrogen-bond donors (Lipinski definition) is 0. The van der Waals surface area contributed by atoms with Crippen LogP contribution in [-0.2, 0) is 0 Å². The van der Waals surface area contributed by atoms with Gasteiger partial charge in [-0.3, -0.25) is 0 Å². The second-order valence-corrected chi connectivity index (χ2v) is 2.47. The Morgan fingerprint density at radius 3 is 2.54 bits per heavy atom. The van der Waals surface area contributed by atoms with Crippen molar-refractivity contribution in [2.24, 2.45) is 0 Å². The fraction of sp³-hybridized carbons (Fsp3) is 0.375. The summed E-state index contributed by atoms with van der Waals surface area (Å²) in [4.78, 5) is 3.38. The summed E-state index contributed by atoms with van der Waals surface area (Å²) in [5.41, 5.74) is -0.564. The number of aryl methyl sites for hydroxylation is 1. The van der Waals surface area contributed by atoms with Gasteiger partial charge in [0.1, 0.15) is 5.69 Å². The Labute approximate surface area is 73.4 Å². The lowest BCUT2D eigenvalue weighted by Crippen LogP contribution is -2.00. The molecule has 0 atom stereocenters. The van der Waals surface area contributed by atoms with Crippen LogP contribution in [0.3, 0.4) is 0 Å². The second-order valence-electron chi connectivity index (χ2n) is 2.47. The number of pyridine rings is 1. The Kier molecular flexibility index (Phi) is 2.75. The normalized spacial score (nSPS) is 10.6. The molecular formula is C8H8F3NO. The van der Waals surface area contributed by atoms with E-state index in [0.717, 1.165) is 0 Å². The van der Waals surface area contributed by atoms with Crippen molar-refractivity contribution in [2.75, 3.05) is 7.11 Å². The van der Waals surface area contributed by atoms with Crippen LogP contribution in [0.2, 0.25) is 0 Å². The van der Waals surface area contributed by atoms with Crippen molar-refractivity contribution in [2.45, 2.75) is 13.3 Å². The predicted molar refractivity (Wildman–Crippen MR) is 40.4 cm³/mol. The van der Waals surface area contributed by atoms with E-state index >= 15 is 0 Å². The lowest BCUT2D eigenvalue weighted by atomic mass is 10.3. The summed E-state index contributed by atoms with van der Waals surface area (Å²) in [7, 11) is 1.22. The van der Waals surface area contributed by atoms with Crippen LogP contribution in [0.4, 0.5) is 13.2 Å². The summed E-state index contributed by atoms with van der Waals surface area (Å²) >= 11 is 0. The number of methoxy groups -OCH3 is 1. The highest BCUT2D eigenvalue weighted by molar-refractivity contribution is 5.29. The van der Waals surface area contributed by atoms with Crippen molar-refractivity contribution in [3.05, 3.63) is 23.3 Å². The number of nitrogens with zero attached hydrogens (tertiary/aromatic N) is 1. The van der Waals surface area contributed by atoms with Crippen LogP contribution in [0, 0.1) is 12.7 Å². The molecule has 0 aromatic carbocycles. The Bertz CT molecular complexity index is 315. The van der Waals surface area contributed by atoms with Crippen molar-refractivity contribution in [1.82, 2.24) is 4.98 Å². The molecule has 13 heavy (non-hydrogen) atoms. The van der Waals surface area contributed by atoms with E-state index in [1.54, 1.807) is 0 Å². The molecule has 0 radical (unpaired) electrons. The van der Waals surface area contributed by atoms with Crippen molar-refractivity contribution in [1.29, 1.82) is 0 Å². The van der Waals surface area contributed by atoms with Gasteiger partial charge in [-0.25, -0.2) is 18.2 Å². The van der Waals surface area contributed by atoms with Crippen LogP contribution < -0.4 is 4.74 Å². The molecule has 0 N–H and O–H groups in total. The fourth-order valence-electron chi connectivity index (χ4n) is 0.944. The first kappa shape index (κ1) is 9.83. The smallest absolute Gasteiger partial charge is 0.283 e. The zero-order chi connectivity index (χ0) is 10.0. The average molecular weight is 191 g/mol. The van der Waals surface area contributed by atoms with Gasteiger partial charge in [0.05, 0.1) is 7.11 Å². The van der Waals surface area contributed by atoms with Crippen molar-refractivity contribution >= 4 is 0 Å². The van der Waals surface area contributed by atoms with E-state index in [4.69, 9.17) is 0 Å². The Hall–Kier alpha value is -1.26. The highest BCUT2D eigenvalue weighted by Gasteiger charge is 2.19. The Morgan fingerprint density at radius 1 is 1.46 bits per heavy atom. The van der Waals surface area contributed by atoms with E-state index in [1.165, 1.54) is 20.1 Å². The molecule has 2 nitrogen and oxygen atoms in total. The van der Waals surface area contributed by atoms with Crippen LogP contribution in [0.15, 0.2) is 6.07 Å². The molecule has 0 spiro atoms. The zero-order valence-electron chi connectivity index (χ0n) is 7.14. The molecule has 1 aromatic rings. The van der Waals surface area contributed by atoms with Gasteiger partial charge in [-0.1, -0.05) is 0 Å². The van der Waals surface area contributed by atoms with E-state index in [-0.39, 0.29) is 5.75 Å². The molecule has 1 heterocycles. The van der Waals surface area contributed by atoms with Gasteiger partial charge in [0.2, 0.25) is 0 Å². The van der Waals surface area contributed by atoms with Crippen molar-refractivity contribution < 1.29 is 17.9 Å².